The molecule has 100 valence electrons. The Kier molecular flexibility index (Phi) is 5.75. The monoisotopic (exact) mass is 240 g/mol. The molecule has 2 rings (SSSR count). The number of rotatable bonds is 6. The highest BCUT2D eigenvalue weighted by Gasteiger charge is 2.20. The van der Waals surface area contributed by atoms with Crippen molar-refractivity contribution in [1.82, 2.24) is 5.32 Å². The molecule has 0 aromatic carbocycles. The van der Waals surface area contributed by atoms with Crippen LogP contribution >= 0.6 is 0 Å². The number of ether oxygens (including phenoxy) is 1. The van der Waals surface area contributed by atoms with E-state index in [4.69, 9.17) is 10.5 Å². The van der Waals surface area contributed by atoms with Crippen LogP contribution in [-0.4, -0.2) is 32.3 Å². The summed E-state index contributed by atoms with van der Waals surface area (Å²) in [4.78, 5) is 0. The van der Waals surface area contributed by atoms with Crippen LogP contribution in [0.15, 0.2) is 0 Å². The van der Waals surface area contributed by atoms with Crippen molar-refractivity contribution in [3.8, 4) is 0 Å². The van der Waals surface area contributed by atoms with Crippen LogP contribution < -0.4 is 11.1 Å². The van der Waals surface area contributed by atoms with Gasteiger partial charge < -0.3 is 15.8 Å². The van der Waals surface area contributed by atoms with Gasteiger partial charge in [-0.15, -0.1) is 0 Å². The number of nitrogens with one attached hydrogen (secondary N) is 1. The minimum Gasteiger partial charge on any atom is -0.378 e. The van der Waals surface area contributed by atoms with Gasteiger partial charge in [0.2, 0.25) is 0 Å². The summed E-state index contributed by atoms with van der Waals surface area (Å²) in [5.74, 6) is 1.69. The maximum absolute atomic E-state index is 5.71. The molecular weight excluding hydrogens is 212 g/mol. The summed E-state index contributed by atoms with van der Waals surface area (Å²) in [6, 6.07) is 0. The topological polar surface area (TPSA) is 47.3 Å². The first-order valence-corrected chi connectivity index (χ1v) is 7.41. The van der Waals surface area contributed by atoms with Crippen molar-refractivity contribution in [2.24, 2.45) is 17.6 Å². The molecule has 1 aliphatic heterocycles. The van der Waals surface area contributed by atoms with Crippen LogP contribution in [0, 0.1) is 11.8 Å². The van der Waals surface area contributed by atoms with Crippen molar-refractivity contribution in [3.63, 3.8) is 0 Å². The van der Waals surface area contributed by atoms with E-state index in [0.717, 1.165) is 31.5 Å². The Morgan fingerprint density at radius 3 is 2.47 bits per heavy atom. The summed E-state index contributed by atoms with van der Waals surface area (Å²) < 4.78 is 5.62. The van der Waals surface area contributed by atoms with Crippen molar-refractivity contribution in [3.05, 3.63) is 0 Å². The van der Waals surface area contributed by atoms with E-state index in [-0.39, 0.29) is 0 Å². The largest absolute Gasteiger partial charge is 0.378 e. The van der Waals surface area contributed by atoms with Gasteiger partial charge in [-0.25, -0.2) is 0 Å². The summed E-state index contributed by atoms with van der Waals surface area (Å²) >= 11 is 0. The first-order valence-electron chi connectivity index (χ1n) is 7.41. The van der Waals surface area contributed by atoms with Gasteiger partial charge in [0, 0.05) is 6.61 Å². The predicted molar refractivity (Wildman–Crippen MR) is 71.0 cm³/mol. The zero-order chi connectivity index (χ0) is 11.9. The SMILES string of the molecule is NCC1CCC(CNCCC2CCCO2)CC1. The van der Waals surface area contributed by atoms with Crippen LogP contribution in [0.2, 0.25) is 0 Å². The zero-order valence-corrected chi connectivity index (χ0v) is 11.0. The van der Waals surface area contributed by atoms with Gasteiger partial charge in [-0.05, 0) is 76.4 Å². The van der Waals surface area contributed by atoms with E-state index in [0.29, 0.717) is 6.10 Å². The Bertz CT molecular complexity index is 196. The third-order valence-electron chi connectivity index (χ3n) is 4.40. The molecule has 0 aromatic heterocycles. The molecule has 1 atom stereocenters. The molecule has 17 heavy (non-hydrogen) atoms. The maximum Gasteiger partial charge on any atom is 0.0588 e. The molecule has 2 aliphatic rings. The van der Waals surface area contributed by atoms with Gasteiger partial charge in [0.05, 0.1) is 6.10 Å². The molecule has 1 unspecified atom stereocenters. The number of hydrogen-bond donors (Lipinski definition) is 2. The molecule has 1 saturated heterocycles. The van der Waals surface area contributed by atoms with Crippen LogP contribution in [0.1, 0.15) is 44.9 Å². The fourth-order valence-corrected chi connectivity index (χ4v) is 3.11. The van der Waals surface area contributed by atoms with E-state index < -0.39 is 0 Å². The molecule has 3 N–H and O–H groups in total. The van der Waals surface area contributed by atoms with E-state index >= 15 is 0 Å². The van der Waals surface area contributed by atoms with E-state index in [2.05, 4.69) is 5.32 Å². The highest BCUT2D eigenvalue weighted by Crippen LogP contribution is 2.27. The second-order valence-electron chi connectivity index (χ2n) is 5.75. The van der Waals surface area contributed by atoms with Crippen molar-refractivity contribution in [2.75, 3.05) is 26.2 Å². The Balaban J connectivity index is 1.48. The Morgan fingerprint density at radius 2 is 1.82 bits per heavy atom. The molecule has 0 spiro atoms. The van der Waals surface area contributed by atoms with Crippen LogP contribution in [0.5, 0.6) is 0 Å². The molecule has 3 heteroatoms. The normalized spacial score (nSPS) is 34.1. The fraction of sp³-hybridized carbons (Fsp3) is 1.00. The summed E-state index contributed by atoms with van der Waals surface area (Å²) in [7, 11) is 0. The smallest absolute Gasteiger partial charge is 0.0588 e. The molecule has 0 radical (unpaired) electrons. The first kappa shape index (κ1) is 13.3. The summed E-state index contributed by atoms with van der Waals surface area (Å²) in [6.07, 6.45) is 9.68. The lowest BCUT2D eigenvalue weighted by atomic mass is 9.82. The molecule has 1 heterocycles. The second kappa shape index (κ2) is 7.34. The molecule has 2 fully saturated rings. The quantitative estimate of drug-likeness (QED) is 0.697. The average molecular weight is 240 g/mol. The minimum atomic E-state index is 0.537. The Hall–Kier alpha value is -0.120. The first-order chi connectivity index (χ1) is 8.38. The van der Waals surface area contributed by atoms with Crippen LogP contribution in [0.4, 0.5) is 0 Å². The van der Waals surface area contributed by atoms with Gasteiger partial charge in [-0.3, -0.25) is 0 Å². The highest BCUT2D eigenvalue weighted by molar-refractivity contribution is 4.75. The Morgan fingerprint density at radius 1 is 1.06 bits per heavy atom. The third kappa shape index (κ3) is 4.57. The minimum absolute atomic E-state index is 0.537. The lowest BCUT2D eigenvalue weighted by Crippen LogP contribution is -2.30. The fourth-order valence-electron chi connectivity index (χ4n) is 3.11. The number of nitrogens with two attached hydrogens (primary N) is 1. The van der Waals surface area contributed by atoms with Crippen LogP contribution in [0.25, 0.3) is 0 Å². The zero-order valence-electron chi connectivity index (χ0n) is 11.0. The van der Waals surface area contributed by atoms with Gasteiger partial charge in [0.25, 0.3) is 0 Å². The summed E-state index contributed by atoms with van der Waals surface area (Å²) in [5, 5.41) is 3.60. The standard InChI is InChI=1S/C14H28N2O/c15-10-12-3-5-13(6-4-12)11-16-8-7-14-2-1-9-17-14/h12-14,16H,1-11,15H2. The van der Waals surface area contributed by atoms with Crippen molar-refractivity contribution >= 4 is 0 Å². The molecular formula is C14H28N2O. The van der Waals surface area contributed by atoms with Crippen molar-refractivity contribution < 1.29 is 4.74 Å². The molecule has 3 nitrogen and oxygen atoms in total. The van der Waals surface area contributed by atoms with E-state index in [1.807, 2.05) is 0 Å². The molecule has 1 saturated carbocycles. The molecule has 0 aromatic rings. The lowest BCUT2D eigenvalue weighted by Gasteiger charge is -2.27. The van der Waals surface area contributed by atoms with E-state index in [1.165, 1.54) is 51.5 Å². The average Bonchev–Trinajstić information content (AvgIpc) is 2.88. The van der Waals surface area contributed by atoms with Gasteiger partial charge in [-0.1, -0.05) is 0 Å². The lowest BCUT2D eigenvalue weighted by molar-refractivity contribution is 0.104. The summed E-state index contributed by atoms with van der Waals surface area (Å²) in [6.45, 7) is 4.19. The number of hydrogen-bond acceptors (Lipinski definition) is 3. The van der Waals surface area contributed by atoms with E-state index in [9.17, 15) is 0 Å². The van der Waals surface area contributed by atoms with E-state index in [1.54, 1.807) is 0 Å². The van der Waals surface area contributed by atoms with Crippen molar-refractivity contribution in [1.29, 1.82) is 0 Å². The second-order valence-corrected chi connectivity index (χ2v) is 5.75. The Labute approximate surface area is 105 Å². The van der Waals surface area contributed by atoms with Crippen LogP contribution in [-0.2, 0) is 4.74 Å². The molecule has 1 aliphatic carbocycles. The molecule has 0 bridgehead atoms. The highest BCUT2D eigenvalue weighted by atomic mass is 16.5. The summed E-state index contributed by atoms with van der Waals surface area (Å²) in [5.41, 5.74) is 5.71. The van der Waals surface area contributed by atoms with Crippen LogP contribution in [0.3, 0.4) is 0 Å². The molecule has 0 amide bonds. The maximum atomic E-state index is 5.71. The predicted octanol–water partition coefficient (Wildman–Crippen LogP) is 1.91. The van der Waals surface area contributed by atoms with Gasteiger partial charge in [-0.2, -0.15) is 0 Å². The van der Waals surface area contributed by atoms with Gasteiger partial charge in [0.15, 0.2) is 0 Å². The van der Waals surface area contributed by atoms with Crippen molar-refractivity contribution in [2.45, 2.75) is 51.0 Å². The van der Waals surface area contributed by atoms with Gasteiger partial charge in [0.1, 0.15) is 0 Å². The van der Waals surface area contributed by atoms with Gasteiger partial charge >= 0.3 is 0 Å². The third-order valence-corrected chi connectivity index (χ3v) is 4.40.